The molecule has 5 nitrogen and oxygen atoms in total. The molecule has 0 amide bonds. The lowest BCUT2D eigenvalue weighted by molar-refractivity contribution is -0.149. The van der Waals surface area contributed by atoms with Crippen molar-refractivity contribution in [2.75, 3.05) is 0 Å². The molecule has 2 aliphatic rings. The Morgan fingerprint density at radius 1 is 1.21 bits per heavy atom. The number of esters is 1. The third-order valence-corrected chi connectivity index (χ3v) is 5.33. The Morgan fingerprint density at radius 2 is 2.00 bits per heavy atom. The summed E-state index contributed by atoms with van der Waals surface area (Å²) in [5.41, 5.74) is 2.94. The summed E-state index contributed by atoms with van der Waals surface area (Å²) in [7, 11) is 0. The van der Waals surface area contributed by atoms with E-state index in [1.165, 1.54) is 0 Å². The number of allylic oxidation sites excluding steroid dienone is 2. The Bertz CT molecular complexity index is 954. The van der Waals surface area contributed by atoms with Crippen LogP contribution < -0.4 is 5.32 Å². The molecule has 1 aliphatic carbocycles. The maximum absolute atomic E-state index is 13.1. The first kappa shape index (κ1) is 18.3. The van der Waals surface area contributed by atoms with E-state index in [2.05, 4.69) is 11.9 Å². The molecule has 2 unspecified atom stereocenters. The quantitative estimate of drug-likeness (QED) is 0.811. The lowest BCUT2D eigenvalue weighted by Gasteiger charge is -2.37. The minimum atomic E-state index is -0.713. The Kier molecular flexibility index (Phi) is 4.90. The first-order valence-corrected chi connectivity index (χ1v) is 9.53. The van der Waals surface area contributed by atoms with Gasteiger partial charge in [-0.25, -0.2) is 0 Å². The van der Waals surface area contributed by atoms with Crippen molar-refractivity contribution in [1.29, 1.82) is 0 Å². The van der Waals surface area contributed by atoms with Gasteiger partial charge in [0.25, 0.3) is 0 Å². The van der Waals surface area contributed by atoms with E-state index < -0.39 is 17.8 Å². The van der Waals surface area contributed by atoms with Crippen molar-refractivity contribution in [2.24, 2.45) is 5.92 Å². The van der Waals surface area contributed by atoms with E-state index in [0.717, 1.165) is 29.9 Å². The van der Waals surface area contributed by atoms with Crippen LogP contribution in [0.15, 0.2) is 70.4 Å². The zero-order chi connectivity index (χ0) is 19.7. The van der Waals surface area contributed by atoms with Crippen LogP contribution in [0.3, 0.4) is 0 Å². The van der Waals surface area contributed by atoms with E-state index in [0.29, 0.717) is 23.5 Å². The average Bonchev–Trinajstić information content (AvgIpc) is 3.12. The van der Waals surface area contributed by atoms with Crippen LogP contribution in [0.5, 0.6) is 0 Å². The van der Waals surface area contributed by atoms with Gasteiger partial charge >= 0.3 is 5.97 Å². The van der Waals surface area contributed by atoms with E-state index in [1.54, 1.807) is 0 Å². The van der Waals surface area contributed by atoms with Gasteiger partial charge in [-0.05, 0) is 37.5 Å². The van der Waals surface area contributed by atoms with Crippen molar-refractivity contribution in [2.45, 2.75) is 38.7 Å². The number of furan rings is 1. The van der Waals surface area contributed by atoms with E-state index in [9.17, 15) is 9.59 Å². The van der Waals surface area contributed by atoms with Gasteiger partial charge < -0.3 is 14.5 Å². The Hall–Kier alpha value is -3.08. The molecule has 4 rings (SSSR count). The van der Waals surface area contributed by atoms with Crippen LogP contribution in [-0.2, 0) is 20.9 Å². The summed E-state index contributed by atoms with van der Waals surface area (Å²) in [6.45, 7) is 6.09. The number of carbonyl (C=O) groups excluding carboxylic acids is 2. The zero-order valence-electron chi connectivity index (χ0n) is 15.9. The van der Waals surface area contributed by atoms with Gasteiger partial charge in [-0.3, -0.25) is 9.59 Å². The fourth-order valence-corrected chi connectivity index (χ4v) is 4.02. The second-order valence-electron chi connectivity index (χ2n) is 7.32. The van der Waals surface area contributed by atoms with Gasteiger partial charge in [0.15, 0.2) is 5.78 Å². The van der Waals surface area contributed by atoms with Crippen LogP contribution in [0.1, 0.15) is 42.3 Å². The number of hydrogen-bond donors (Lipinski definition) is 1. The number of rotatable bonds is 4. The zero-order valence-corrected chi connectivity index (χ0v) is 15.9. The monoisotopic (exact) mass is 377 g/mol. The van der Waals surface area contributed by atoms with Crippen molar-refractivity contribution in [3.63, 3.8) is 0 Å². The molecule has 0 radical (unpaired) electrons. The minimum Gasteiger partial charge on any atom is -0.466 e. The molecule has 1 N–H and O–H groups in total. The summed E-state index contributed by atoms with van der Waals surface area (Å²) in [5, 5.41) is 3.21. The van der Waals surface area contributed by atoms with Crippen molar-refractivity contribution in [3.05, 3.63) is 83.1 Å². The number of ketones is 1. The van der Waals surface area contributed by atoms with Crippen LogP contribution in [0.25, 0.3) is 0 Å². The molecular formula is C23H23NO4. The topological polar surface area (TPSA) is 68.5 Å². The predicted octanol–water partition coefficient (Wildman–Crippen LogP) is 4.16. The maximum atomic E-state index is 13.1. The molecule has 1 aromatic carbocycles. The van der Waals surface area contributed by atoms with Crippen LogP contribution in [0, 0.1) is 12.8 Å². The Morgan fingerprint density at radius 3 is 2.71 bits per heavy atom. The molecule has 1 aliphatic heterocycles. The number of benzene rings is 1. The van der Waals surface area contributed by atoms with Crippen molar-refractivity contribution < 1.29 is 18.7 Å². The largest absolute Gasteiger partial charge is 0.466 e. The number of Topliss-reactive ketones (excluding diaryl/α,β-unsaturated/α-hetero) is 1. The van der Waals surface area contributed by atoms with E-state index >= 15 is 0 Å². The number of ether oxygens (including phenoxy) is 1. The maximum Gasteiger partial charge on any atom is 0.316 e. The van der Waals surface area contributed by atoms with Gasteiger partial charge in [-0.1, -0.05) is 36.9 Å². The Balaban J connectivity index is 1.67. The number of aryl methyl sites for hydroxylation is 1. The van der Waals surface area contributed by atoms with Crippen molar-refractivity contribution in [3.8, 4) is 0 Å². The summed E-state index contributed by atoms with van der Waals surface area (Å²) in [4.78, 5) is 25.8. The van der Waals surface area contributed by atoms with Crippen molar-refractivity contribution >= 4 is 11.8 Å². The van der Waals surface area contributed by atoms with Crippen LogP contribution in [-0.4, -0.2) is 11.8 Å². The fraction of sp³-hybridized carbons (Fsp3) is 0.304. The second kappa shape index (κ2) is 7.50. The molecule has 0 fully saturated rings. The average molecular weight is 377 g/mol. The van der Waals surface area contributed by atoms with Crippen LogP contribution in [0.2, 0.25) is 0 Å². The first-order valence-electron chi connectivity index (χ1n) is 9.53. The molecule has 2 aromatic rings. The third kappa shape index (κ3) is 3.40. The SMILES string of the molecule is C=C1NC2=C(C(=O)CCC2)C(c2ccc(C)o2)C1C(=O)OCc1ccccc1. The summed E-state index contributed by atoms with van der Waals surface area (Å²) in [6, 6.07) is 13.2. The third-order valence-electron chi connectivity index (χ3n) is 5.33. The summed E-state index contributed by atoms with van der Waals surface area (Å²) < 4.78 is 11.4. The molecule has 1 aromatic heterocycles. The standard InChI is InChI=1S/C23H23NO4/c1-14-11-12-19(28-14)22-20(23(26)27-13-16-7-4-3-5-8-16)15(2)24-17-9-6-10-18(25)21(17)22/h3-5,7-8,11-12,20,22,24H,2,6,9-10,13H2,1H3. The molecule has 2 heterocycles. The molecule has 0 bridgehead atoms. The van der Waals surface area contributed by atoms with E-state index in [1.807, 2.05) is 49.4 Å². The van der Waals surface area contributed by atoms with E-state index in [4.69, 9.17) is 9.15 Å². The Labute approximate surface area is 164 Å². The highest BCUT2D eigenvalue weighted by Gasteiger charge is 2.45. The highest BCUT2D eigenvalue weighted by molar-refractivity contribution is 6.00. The molecule has 5 heteroatoms. The van der Waals surface area contributed by atoms with Gasteiger partial charge in [0.1, 0.15) is 24.0 Å². The normalized spacial score (nSPS) is 21.9. The van der Waals surface area contributed by atoms with Gasteiger partial charge in [-0.15, -0.1) is 0 Å². The van der Waals surface area contributed by atoms with Crippen molar-refractivity contribution in [1.82, 2.24) is 5.32 Å². The van der Waals surface area contributed by atoms with Gasteiger partial charge in [0.05, 0.1) is 5.92 Å². The highest BCUT2D eigenvalue weighted by Crippen LogP contribution is 2.44. The lowest BCUT2D eigenvalue weighted by Crippen LogP contribution is -2.41. The summed E-state index contributed by atoms with van der Waals surface area (Å²) >= 11 is 0. The van der Waals surface area contributed by atoms with E-state index in [-0.39, 0.29) is 12.4 Å². The number of hydrogen-bond acceptors (Lipinski definition) is 5. The molecule has 144 valence electrons. The smallest absolute Gasteiger partial charge is 0.316 e. The molecule has 28 heavy (non-hydrogen) atoms. The molecule has 0 saturated heterocycles. The number of nitrogens with one attached hydrogen (secondary N) is 1. The predicted molar refractivity (Wildman–Crippen MR) is 104 cm³/mol. The van der Waals surface area contributed by atoms with Gasteiger partial charge in [-0.2, -0.15) is 0 Å². The summed E-state index contributed by atoms with van der Waals surface area (Å²) in [5.74, 6) is -0.236. The second-order valence-corrected chi connectivity index (χ2v) is 7.32. The summed E-state index contributed by atoms with van der Waals surface area (Å²) in [6.07, 6.45) is 2.04. The van der Waals surface area contributed by atoms with Crippen LogP contribution in [0.4, 0.5) is 0 Å². The molecular weight excluding hydrogens is 354 g/mol. The fourth-order valence-electron chi connectivity index (χ4n) is 4.02. The number of carbonyl (C=O) groups is 2. The molecule has 0 spiro atoms. The molecule has 0 saturated carbocycles. The van der Waals surface area contributed by atoms with Gasteiger partial charge in [0, 0.05) is 23.4 Å². The van der Waals surface area contributed by atoms with Crippen LogP contribution >= 0.6 is 0 Å². The lowest BCUT2D eigenvalue weighted by atomic mass is 9.73. The minimum absolute atomic E-state index is 0.0566. The highest BCUT2D eigenvalue weighted by atomic mass is 16.5. The molecule has 2 atom stereocenters. The first-order chi connectivity index (χ1) is 13.5. The van der Waals surface area contributed by atoms with Gasteiger partial charge in [0.2, 0.25) is 0 Å².